The average Bonchev–Trinajstić information content (AvgIpc) is 2.99. The van der Waals surface area contributed by atoms with E-state index >= 15 is 0 Å². The second-order valence-electron chi connectivity index (χ2n) is 5.99. The minimum Gasteiger partial charge on any atom is -0.491 e. The van der Waals surface area contributed by atoms with E-state index in [0.29, 0.717) is 31.0 Å². The van der Waals surface area contributed by atoms with Crippen molar-refractivity contribution in [3.05, 3.63) is 54.9 Å². The third-order valence-electron chi connectivity index (χ3n) is 4.35. The Kier molecular flexibility index (Phi) is 5.92. The number of carboxylic acids is 1. The average molecular weight is 481 g/mol. The fraction of sp³-hybridized carbons (Fsp3) is 0.278. The number of benzene rings is 2. The van der Waals surface area contributed by atoms with E-state index in [2.05, 4.69) is 15.9 Å². The van der Waals surface area contributed by atoms with Crippen LogP contribution in [0, 0.1) is 5.92 Å². The lowest BCUT2D eigenvalue weighted by Crippen LogP contribution is -2.20. The first-order valence-electron chi connectivity index (χ1n) is 7.73. The molecule has 2 aromatic carbocycles. The van der Waals surface area contributed by atoms with Gasteiger partial charge in [0.15, 0.2) is 5.75 Å². The summed E-state index contributed by atoms with van der Waals surface area (Å²) in [6, 6.07) is 6.85. The van der Waals surface area contributed by atoms with E-state index in [-0.39, 0.29) is 19.1 Å². The van der Waals surface area contributed by atoms with Crippen molar-refractivity contribution in [2.45, 2.75) is 19.4 Å². The van der Waals surface area contributed by atoms with Crippen LogP contribution >= 0.6 is 50.7 Å². The van der Waals surface area contributed by atoms with Gasteiger partial charge in [0.1, 0.15) is 16.8 Å². The second-order valence-corrected chi connectivity index (χ2v) is 8.03. The number of ether oxygens (including phenoxy) is 2. The molecule has 1 aliphatic heterocycles. The lowest BCUT2D eigenvalue weighted by molar-refractivity contribution is -0.142. The smallest absolute Gasteiger partial charge is 0.306 e. The quantitative estimate of drug-likeness (QED) is 0.555. The Morgan fingerprint density at radius 3 is 2.73 bits per heavy atom. The van der Waals surface area contributed by atoms with Gasteiger partial charge in [-0.15, -0.1) is 0 Å². The molecule has 2 atom stereocenters. The van der Waals surface area contributed by atoms with Gasteiger partial charge in [-0.05, 0) is 34.1 Å². The molecule has 0 radical (unpaired) electrons. The Labute approximate surface area is 174 Å². The molecule has 0 amide bonds. The number of carboxylic acid groups (broad SMARTS) is 1. The van der Waals surface area contributed by atoms with E-state index in [1.807, 2.05) is 0 Å². The molecule has 1 aliphatic rings. The first-order chi connectivity index (χ1) is 12.3. The molecule has 3 rings (SSSR count). The van der Waals surface area contributed by atoms with Crippen LogP contribution in [0.5, 0.6) is 11.5 Å². The molecule has 1 N–H and O–H groups in total. The maximum atomic E-state index is 11.3. The monoisotopic (exact) mass is 478 g/mol. The van der Waals surface area contributed by atoms with Crippen LogP contribution in [0.3, 0.4) is 0 Å². The van der Waals surface area contributed by atoms with E-state index in [9.17, 15) is 9.90 Å². The highest BCUT2D eigenvalue weighted by Crippen LogP contribution is 2.50. The van der Waals surface area contributed by atoms with Gasteiger partial charge in [0.2, 0.25) is 0 Å². The summed E-state index contributed by atoms with van der Waals surface area (Å²) in [7, 11) is 0. The zero-order chi connectivity index (χ0) is 19.0. The molecule has 1 heterocycles. The largest absolute Gasteiger partial charge is 0.491 e. The molecule has 2 aromatic rings. The van der Waals surface area contributed by atoms with Crippen LogP contribution in [0.1, 0.15) is 24.0 Å². The molecule has 1 unspecified atom stereocenters. The Morgan fingerprint density at radius 2 is 2.08 bits per heavy atom. The Morgan fingerprint density at radius 1 is 1.35 bits per heavy atom. The van der Waals surface area contributed by atoms with Crippen LogP contribution in [-0.4, -0.2) is 17.7 Å². The molecule has 0 aliphatic carbocycles. The summed E-state index contributed by atoms with van der Waals surface area (Å²) in [4.78, 5) is 11.3. The van der Waals surface area contributed by atoms with Crippen molar-refractivity contribution in [1.29, 1.82) is 0 Å². The van der Waals surface area contributed by atoms with E-state index in [0.717, 1.165) is 11.1 Å². The van der Waals surface area contributed by atoms with Gasteiger partial charge in [0.25, 0.3) is 0 Å². The van der Waals surface area contributed by atoms with Gasteiger partial charge in [-0.25, -0.2) is 0 Å². The minimum absolute atomic E-state index is 0.196. The van der Waals surface area contributed by atoms with Crippen LogP contribution in [0.15, 0.2) is 28.7 Å². The number of hydrogen-bond acceptors (Lipinski definition) is 3. The van der Waals surface area contributed by atoms with Crippen LogP contribution in [-0.2, 0) is 11.4 Å². The van der Waals surface area contributed by atoms with E-state index < -0.39 is 11.9 Å². The van der Waals surface area contributed by atoms with E-state index in [1.54, 1.807) is 31.2 Å². The first kappa shape index (κ1) is 19.6. The Hall–Kier alpha value is -1.14. The molecular weight excluding hydrogens is 466 g/mol. The van der Waals surface area contributed by atoms with Gasteiger partial charge in [-0.3, -0.25) is 4.79 Å². The van der Waals surface area contributed by atoms with E-state index in [4.69, 9.17) is 44.3 Å². The van der Waals surface area contributed by atoms with Gasteiger partial charge in [0, 0.05) is 27.1 Å². The second kappa shape index (κ2) is 7.85. The summed E-state index contributed by atoms with van der Waals surface area (Å²) in [5, 5.41) is 10.7. The molecule has 0 spiro atoms. The SMILES string of the molecule is CC(C(=O)O)[C@@H]1COc2c1cc(Cl)c(OCc1ccc(Cl)cc1Cl)c2Br. The van der Waals surface area contributed by atoms with Gasteiger partial charge in [0.05, 0.1) is 17.5 Å². The highest BCUT2D eigenvalue weighted by molar-refractivity contribution is 9.10. The number of halogens is 4. The summed E-state index contributed by atoms with van der Waals surface area (Å²) in [5.74, 6) is -0.754. The lowest BCUT2D eigenvalue weighted by atomic mass is 9.89. The predicted octanol–water partition coefficient (Wildman–Crippen LogP) is 6.19. The van der Waals surface area contributed by atoms with Gasteiger partial charge in [-0.1, -0.05) is 47.8 Å². The zero-order valence-corrected chi connectivity index (χ0v) is 17.4. The molecule has 0 saturated carbocycles. The molecule has 138 valence electrons. The number of aliphatic carboxylic acids is 1. The molecule has 26 heavy (non-hydrogen) atoms. The standard InChI is InChI=1S/C18H14BrCl3O4/c1-8(18(23)24)12-7-26-16-11(12)5-14(22)17(15(16)19)25-6-9-2-3-10(20)4-13(9)21/h2-5,8,12H,6-7H2,1H3,(H,23,24)/t8?,12-/m0/s1. The van der Waals surface area contributed by atoms with Crippen molar-refractivity contribution in [3.63, 3.8) is 0 Å². The molecule has 8 heteroatoms. The first-order valence-corrected chi connectivity index (χ1v) is 9.66. The molecule has 0 fully saturated rings. The highest BCUT2D eigenvalue weighted by atomic mass is 79.9. The third-order valence-corrected chi connectivity index (χ3v) is 5.93. The fourth-order valence-corrected chi connectivity index (χ4v) is 4.31. The maximum Gasteiger partial charge on any atom is 0.306 e. The molecule has 0 bridgehead atoms. The lowest BCUT2D eigenvalue weighted by Gasteiger charge is -2.16. The summed E-state index contributed by atoms with van der Waals surface area (Å²) in [5.41, 5.74) is 1.52. The highest BCUT2D eigenvalue weighted by Gasteiger charge is 2.36. The topological polar surface area (TPSA) is 55.8 Å². The normalized spacial score (nSPS) is 16.7. The van der Waals surface area contributed by atoms with Gasteiger partial charge >= 0.3 is 5.97 Å². The molecular formula is C18H14BrCl3O4. The van der Waals surface area contributed by atoms with Crippen molar-refractivity contribution >= 4 is 56.7 Å². The number of carbonyl (C=O) groups is 1. The van der Waals surface area contributed by atoms with Crippen LogP contribution < -0.4 is 9.47 Å². The Balaban J connectivity index is 1.87. The number of fused-ring (bicyclic) bond motifs is 1. The van der Waals surface area contributed by atoms with Crippen molar-refractivity contribution in [2.24, 2.45) is 5.92 Å². The van der Waals surface area contributed by atoms with Crippen LogP contribution in [0.4, 0.5) is 0 Å². The van der Waals surface area contributed by atoms with Crippen LogP contribution in [0.2, 0.25) is 15.1 Å². The number of rotatable bonds is 5. The number of hydrogen-bond donors (Lipinski definition) is 1. The maximum absolute atomic E-state index is 11.3. The van der Waals surface area contributed by atoms with Crippen molar-refractivity contribution in [2.75, 3.05) is 6.61 Å². The molecule has 0 saturated heterocycles. The van der Waals surface area contributed by atoms with Gasteiger partial charge < -0.3 is 14.6 Å². The summed E-state index contributed by atoms with van der Waals surface area (Å²) in [6.45, 7) is 2.13. The fourth-order valence-electron chi connectivity index (χ4n) is 2.79. The van der Waals surface area contributed by atoms with E-state index in [1.165, 1.54) is 0 Å². The van der Waals surface area contributed by atoms with Crippen molar-refractivity contribution < 1.29 is 19.4 Å². The predicted molar refractivity (Wildman–Crippen MR) is 105 cm³/mol. The molecule has 4 nitrogen and oxygen atoms in total. The van der Waals surface area contributed by atoms with Crippen molar-refractivity contribution in [3.8, 4) is 11.5 Å². The zero-order valence-electron chi connectivity index (χ0n) is 13.6. The summed E-state index contributed by atoms with van der Waals surface area (Å²) in [6.07, 6.45) is 0. The third kappa shape index (κ3) is 3.77. The van der Waals surface area contributed by atoms with Crippen LogP contribution in [0.25, 0.3) is 0 Å². The summed E-state index contributed by atoms with van der Waals surface area (Å²) < 4.78 is 12.1. The minimum atomic E-state index is -0.878. The van der Waals surface area contributed by atoms with Gasteiger partial charge in [-0.2, -0.15) is 0 Å². The summed E-state index contributed by atoms with van der Waals surface area (Å²) >= 11 is 21.9. The molecule has 0 aromatic heterocycles. The van der Waals surface area contributed by atoms with Crippen molar-refractivity contribution in [1.82, 2.24) is 0 Å². The Bertz CT molecular complexity index is 872.